The Bertz CT molecular complexity index is 291. The summed E-state index contributed by atoms with van der Waals surface area (Å²) in [6.07, 6.45) is 9.74. The fourth-order valence-corrected chi connectivity index (χ4v) is 2.05. The average Bonchev–Trinajstić information content (AvgIpc) is 2.26. The smallest absolute Gasteiger partial charge is 0.223 e. The van der Waals surface area contributed by atoms with E-state index in [2.05, 4.69) is 24.4 Å². The van der Waals surface area contributed by atoms with E-state index in [1.165, 1.54) is 0 Å². The van der Waals surface area contributed by atoms with Crippen LogP contribution in [0, 0.1) is 11.3 Å². The molecule has 0 fully saturated rings. The van der Waals surface area contributed by atoms with Crippen molar-refractivity contribution in [3.8, 4) is 0 Å². The van der Waals surface area contributed by atoms with E-state index >= 15 is 0 Å². The zero-order valence-corrected chi connectivity index (χ0v) is 12.5. The first-order chi connectivity index (χ1) is 7.58. The van der Waals surface area contributed by atoms with Crippen molar-refractivity contribution in [2.24, 2.45) is 11.3 Å². The maximum absolute atomic E-state index is 11.9. The van der Waals surface area contributed by atoms with Crippen LogP contribution in [0.1, 0.15) is 39.5 Å². The van der Waals surface area contributed by atoms with E-state index in [-0.39, 0.29) is 38.9 Å². The van der Waals surface area contributed by atoms with Gasteiger partial charge in [-0.1, -0.05) is 32.5 Å². The summed E-state index contributed by atoms with van der Waals surface area (Å²) in [7, 11) is 0. The summed E-state index contributed by atoms with van der Waals surface area (Å²) in [5, 5.41) is 2.62. The summed E-state index contributed by atoms with van der Waals surface area (Å²) in [4.78, 5) is 22.1. The molecule has 0 bridgehead atoms. The van der Waals surface area contributed by atoms with E-state index in [4.69, 9.17) is 0 Å². The van der Waals surface area contributed by atoms with Gasteiger partial charge in [0.1, 0.15) is 0 Å². The first kappa shape index (κ1) is 16.6. The zero-order chi connectivity index (χ0) is 12.0. The van der Waals surface area contributed by atoms with Crippen LogP contribution < -0.4 is 5.32 Å². The SMILES string of the molecule is CC1/C=C/CCC(C)(C(=O)NC[C-]=O)CC1.[Mo]. The first-order valence-corrected chi connectivity index (χ1v) is 5.88. The monoisotopic (exact) mass is 320 g/mol. The number of nitrogens with one attached hydrogen (secondary N) is 1. The Labute approximate surface area is 118 Å². The van der Waals surface area contributed by atoms with Gasteiger partial charge >= 0.3 is 0 Å². The van der Waals surface area contributed by atoms with Gasteiger partial charge < -0.3 is 10.1 Å². The third-order valence-corrected chi connectivity index (χ3v) is 3.35. The third kappa shape index (κ3) is 5.16. The molecule has 4 heteroatoms. The number of hydrogen-bond acceptors (Lipinski definition) is 2. The molecule has 2 unspecified atom stereocenters. The van der Waals surface area contributed by atoms with Crippen LogP contribution in [0.5, 0.6) is 0 Å². The molecule has 0 aromatic carbocycles. The number of carbonyl (C=O) groups is 1. The molecule has 0 aliphatic heterocycles. The molecule has 1 rings (SSSR count). The molecule has 1 N–H and O–H groups in total. The molecule has 0 heterocycles. The standard InChI is InChI=1S/C13H20NO2.Mo/c1-11-5-3-4-7-13(2,8-6-11)12(16)14-9-10-15;/h3,5,11H,4,6-9H2,1-2H3,(H,14,16);/q-1;/b5-3+;. The minimum Gasteiger partial charge on any atom is -0.540 e. The molecule has 0 saturated heterocycles. The van der Waals surface area contributed by atoms with Crippen molar-refractivity contribution in [3.63, 3.8) is 0 Å². The molecule has 2 atom stereocenters. The van der Waals surface area contributed by atoms with E-state index in [0.717, 1.165) is 25.7 Å². The van der Waals surface area contributed by atoms with Crippen molar-refractivity contribution in [2.75, 3.05) is 6.54 Å². The maximum Gasteiger partial charge on any atom is 0.223 e. The Morgan fingerprint density at radius 3 is 2.88 bits per heavy atom. The van der Waals surface area contributed by atoms with Crippen LogP contribution in [-0.4, -0.2) is 18.7 Å². The van der Waals surface area contributed by atoms with Crippen LogP contribution >= 0.6 is 0 Å². The van der Waals surface area contributed by atoms with E-state index < -0.39 is 0 Å². The van der Waals surface area contributed by atoms with Gasteiger partial charge in [-0.3, -0.25) is 4.79 Å². The first-order valence-electron chi connectivity index (χ1n) is 5.88. The van der Waals surface area contributed by atoms with E-state index in [1.807, 2.05) is 6.92 Å². The Morgan fingerprint density at radius 1 is 1.53 bits per heavy atom. The van der Waals surface area contributed by atoms with Gasteiger partial charge in [0.2, 0.25) is 5.91 Å². The number of rotatable bonds is 3. The van der Waals surface area contributed by atoms with E-state index in [0.29, 0.717) is 5.92 Å². The Kier molecular flexibility index (Phi) is 7.61. The summed E-state index contributed by atoms with van der Waals surface area (Å²) >= 11 is 0. The fourth-order valence-electron chi connectivity index (χ4n) is 2.05. The number of carbonyl (C=O) groups excluding carboxylic acids is 2. The molecule has 17 heavy (non-hydrogen) atoms. The number of amides is 1. The number of hydrogen-bond donors (Lipinski definition) is 1. The summed E-state index contributed by atoms with van der Waals surface area (Å²) < 4.78 is 0. The fraction of sp³-hybridized carbons (Fsp3) is 0.692. The molecule has 0 saturated carbocycles. The molecule has 0 spiro atoms. The maximum atomic E-state index is 11.9. The third-order valence-electron chi connectivity index (χ3n) is 3.35. The Hall–Kier alpha value is -0.432. The van der Waals surface area contributed by atoms with E-state index in [9.17, 15) is 9.59 Å². The van der Waals surface area contributed by atoms with Crippen LogP contribution in [0.4, 0.5) is 0 Å². The normalized spacial score (nSPS) is 30.4. The minimum absolute atomic E-state index is 0. The molecule has 0 aromatic rings. The van der Waals surface area contributed by atoms with Crippen molar-refractivity contribution >= 4 is 12.2 Å². The molecule has 1 amide bonds. The predicted octanol–water partition coefficient (Wildman–Crippen LogP) is 1.98. The molecular formula is C13H20MoNO2-. The van der Waals surface area contributed by atoms with Crippen molar-refractivity contribution in [1.82, 2.24) is 5.32 Å². The van der Waals surface area contributed by atoms with E-state index in [1.54, 1.807) is 6.29 Å². The largest absolute Gasteiger partial charge is 0.540 e. The summed E-state index contributed by atoms with van der Waals surface area (Å²) in [5.74, 6) is 0.517. The molecule has 0 radical (unpaired) electrons. The van der Waals surface area contributed by atoms with Crippen LogP contribution in [0.15, 0.2) is 12.2 Å². The predicted molar refractivity (Wildman–Crippen MR) is 63.6 cm³/mol. The average molecular weight is 318 g/mol. The van der Waals surface area contributed by atoms with Crippen LogP contribution in [-0.2, 0) is 30.7 Å². The van der Waals surface area contributed by atoms with Crippen molar-refractivity contribution < 1.29 is 30.7 Å². The van der Waals surface area contributed by atoms with Gasteiger partial charge in [-0.15, -0.1) is 0 Å². The second-order valence-corrected chi connectivity index (χ2v) is 4.87. The minimum atomic E-state index is -0.337. The Morgan fingerprint density at radius 2 is 2.24 bits per heavy atom. The summed E-state index contributed by atoms with van der Waals surface area (Å²) in [5.41, 5.74) is -0.337. The zero-order valence-electron chi connectivity index (χ0n) is 10.5. The van der Waals surface area contributed by atoms with Gasteiger partial charge in [0, 0.05) is 26.5 Å². The second kappa shape index (κ2) is 7.81. The molecule has 3 nitrogen and oxygen atoms in total. The molecule has 96 valence electrons. The quantitative estimate of drug-likeness (QED) is 0.491. The van der Waals surface area contributed by atoms with Gasteiger partial charge in [0.25, 0.3) is 0 Å². The van der Waals surface area contributed by atoms with Gasteiger partial charge in [-0.2, -0.15) is 0 Å². The van der Waals surface area contributed by atoms with Crippen LogP contribution in [0.25, 0.3) is 0 Å². The van der Waals surface area contributed by atoms with Gasteiger partial charge in [-0.25, -0.2) is 6.29 Å². The second-order valence-electron chi connectivity index (χ2n) is 4.87. The van der Waals surface area contributed by atoms with Crippen molar-refractivity contribution in [2.45, 2.75) is 39.5 Å². The molecule has 1 aliphatic rings. The van der Waals surface area contributed by atoms with Crippen molar-refractivity contribution in [3.05, 3.63) is 12.2 Å². The number of allylic oxidation sites excluding steroid dienone is 2. The van der Waals surface area contributed by atoms with Gasteiger partial charge in [-0.05, 0) is 31.6 Å². The van der Waals surface area contributed by atoms with Crippen molar-refractivity contribution in [1.29, 1.82) is 0 Å². The topological polar surface area (TPSA) is 46.2 Å². The van der Waals surface area contributed by atoms with Gasteiger partial charge in [0.15, 0.2) is 0 Å². The van der Waals surface area contributed by atoms with Crippen LogP contribution in [0.2, 0.25) is 0 Å². The van der Waals surface area contributed by atoms with Gasteiger partial charge in [0.05, 0.1) is 0 Å². The molecular weight excluding hydrogens is 298 g/mol. The summed E-state index contributed by atoms with van der Waals surface area (Å²) in [6, 6.07) is 0. The molecule has 1 aliphatic carbocycles. The summed E-state index contributed by atoms with van der Waals surface area (Å²) in [6.45, 7) is 4.15. The molecule has 0 aromatic heterocycles. The van der Waals surface area contributed by atoms with Crippen LogP contribution in [0.3, 0.4) is 0 Å². The Balaban J connectivity index is 0.00000256.